The predicted octanol–water partition coefficient (Wildman–Crippen LogP) is 3.80. The van der Waals surface area contributed by atoms with Crippen LogP contribution in [0.1, 0.15) is 23.2 Å². The summed E-state index contributed by atoms with van der Waals surface area (Å²) < 4.78 is 5.17. The molecular formula is C25H21N5O6. The molecule has 182 valence electrons. The maximum absolute atomic E-state index is 12.9. The Bertz CT molecular complexity index is 1440. The van der Waals surface area contributed by atoms with E-state index in [0.29, 0.717) is 46.7 Å². The lowest BCUT2D eigenvalue weighted by Gasteiger charge is -2.14. The predicted molar refractivity (Wildman–Crippen MR) is 133 cm³/mol. The second-order valence-corrected chi connectivity index (χ2v) is 8.39. The van der Waals surface area contributed by atoms with Crippen LogP contribution in [0, 0.1) is 10.1 Å². The molecule has 0 unspecified atom stereocenters. The van der Waals surface area contributed by atoms with E-state index in [1.54, 1.807) is 48.5 Å². The van der Waals surface area contributed by atoms with Crippen molar-refractivity contribution in [1.29, 1.82) is 0 Å². The molecule has 3 aromatic rings. The van der Waals surface area contributed by atoms with Crippen LogP contribution in [0.2, 0.25) is 0 Å². The van der Waals surface area contributed by atoms with Crippen molar-refractivity contribution >= 4 is 46.2 Å². The molecule has 1 atom stereocenters. The van der Waals surface area contributed by atoms with Gasteiger partial charge in [0.1, 0.15) is 6.04 Å². The van der Waals surface area contributed by atoms with E-state index in [4.69, 9.17) is 4.74 Å². The van der Waals surface area contributed by atoms with E-state index in [9.17, 15) is 24.5 Å². The monoisotopic (exact) mass is 487 g/mol. The van der Waals surface area contributed by atoms with Gasteiger partial charge in [-0.3, -0.25) is 24.5 Å². The smallest absolute Gasteiger partial charge is 0.310 e. The number of hydrogen-bond acceptors (Lipinski definition) is 7. The molecule has 0 aliphatic carbocycles. The number of carbonyl (C=O) groups excluding carboxylic acids is 3. The molecule has 3 amide bonds. The van der Waals surface area contributed by atoms with Crippen LogP contribution in [-0.4, -0.2) is 35.8 Å². The first kappa shape index (κ1) is 22.8. The number of fused-ring (bicyclic) bond motifs is 2. The maximum Gasteiger partial charge on any atom is 0.310 e. The summed E-state index contributed by atoms with van der Waals surface area (Å²) in [4.78, 5) is 47.5. The lowest BCUT2D eigenvalue weighted by molar-refractivity contribution is -0.385. The Morgan fingerprint density at radius 2 is 1.78 bits per heavy atom. The summed E-state index contributed by atoms with van der Waals surface area (Å²) in [6.07, 6.45) is 0.751. The highest BCUT2D eigenvalue weighted by Gasteiger charge is 2.27. The molecule has 0 spiro atoms. The molecule has 2 heterocycles. The van der Waals surface area contributed by atoms with Crippen LogP contribution < -0.4 is 26.0 Å². The topological polar surface area (TPSA) is 152 Å². The number of amides is 3. The van der Waals surface area contributed by atoms with Crippen LogP contribution in [0.4, 0.5) is 28.4 Å². The third kappa shape index (κ3) is 4.29. The molecule has 0 aromatic heterocycles. The van der Waals surface area contributed by atoms with Crippen molar-refractivity contribution in [1.82, 2.24) is 5.32 Å². The van der Waals surface area contributed by atoms with E-state index < -0.39 is 11.0 Å². The number of hydrogen-bond donors (Lipinski definition) is 4. The Hall–Kier alpha value is -4.93. The van der Waals surface area contributed by atoms with Gasteiger partial charge in [0.25, 0.3) is 5.91 Å². The van der Waals surface area contributed by atoms with Crippen molar-refractivity contribution in [2.24, 2.45) is 0 Å². The fourth-order valence-corrected chi connectivity index (χ4v) is 4.24. The summed E-state index contributed by atoms with van der Waals surface area (Å²) in [6, 6.07) is 14.3. The van der Waals surface area contributed by atoms with E-state index in [-0.39, 0.29) is 29.2 Å². The molecule has 11 heteroatoms. The molecule has 2 aliphatic heterocycles. The van der Waals surface area contributed by atoms with Gasteiger partial charge in [-0.1, -0.05) is 6.07 Å². The first-order valence-electron chi connectivity index (χ1n) is 11.1. The van der Waals surface area contributed by atoms with Gasteiger partial charge in [0, 0.05) is 18.2 Å². The largest absolute Gasteiger partial charge is 0.490 e. The number of rotatable bonds is 5. The molecule has 3 aromatic carbocycles. The lowest BCUT2D eigenvalue weighted by atomic mass is 10.0. The van der Waals surface area contributed by atoms with Crippen LogP contribution in [0.3, 0.4) is 0 Å². The van der Waals surface area contributed by atoms with Crippen LogP contribution in [0.25, 0.3) is 11.1 Å². The first-order valence-corrected chi connectivity index (χ1v) is 11.1. The summed E-state index contributed by atoms with van der Waals surface area (Å²) >= 11 is 0. The second-order valence-electron chi connectivity index (χ2n) is 8.39. The van der Waals surface area contributed by atoms with Gasteiger partial charge in [-0.05, 0) is 60.0 Å². The number of nitro benzene ring substituents is 1. The Morgan fingerprint density at radius 1 is 1.00 bits per heavy atom. The number of nitrogens with one attached hydrogen (secondary N) is 4. The van der Waals surface area contributed by atoms with Crippen molar-refractivity contribution in [3.05, 3.63) is 70.3 Å². The molecule has 4 N–H and O–H groups in total. The molecular weight excluding hydrogens is 466 g/mol. The molecule has 0 saturated carbocycles. The van der Waals surface area contributed by atoms with E-state index in [0.717, 1.165) is 5.56 Å². The van der Waals surface area contributed by atoms with E-state index >= 15 is 0 Å². The second kappa shape index (κ2) is 9.02. The number of ether oxygens (including phenoxy) is 1. The zero-order valence-corrected chi connectivity index (χ0v) is 19.1. The van der Waals surface area contributed by atoms with Gasteiger partial charge in [-0.25, -0.2) is 0 Å². The quantitative estimate of drug-likeness (QED) is 0.316. The Kier molecular flexibility index (Phi) is 5.72. The molecule has 1 saturated heterocycles. The van der Waals surface area contributed by atoms with Crippen molar-refractivity contribution in [2.45, 2.75) is 18.9 Å². The highest BCUT2D eigenvalue weighted by molar-refractivity contribution is 6.13. The normalized spacial score (nSPS) is 16.0. The van der Waals surface area contributed by atoms with Gasteiger partial charge >= 0.3 is 5.69 Å². The van der Waals surface area contributed by atoms with Crippen LogP contribution >= 0.6 is 0 Å². The highest BCUT2D eigenvalue weighted by atomic mass is 16.6. The van der Waals surface area contributed by atoms with Gasteiger partial charge in [0.15, 0.2) is 5.75 Å². The van der Waals surface area contributed by atoms with E-state index in [1.807, 2.05) is 0 Å². The molecule has 0 radical (unpaired) electrons. The molecule has 0 bridgehead atoms. The van der Waals surface area contributed by atoms with Gasteiger partial charge in [-0.2, -0.15) is 0 Å². The van der Waals surface area contributed by atoms with E-state index in [1.165, 1.54) is 13.2 Å². The minimum Gasteiger partial charge on any atom is -0.490 e. The number of nitrogens with zero attached hydrogens (tertiary/aromatic N) is 1. The summed E-state index contributed by atoms with van der Waals surface area (Å²) in [5.41, 5.74) is 3.80. The third-order valence-electron chi connectivity index (χ3n) is 6.09. The lowest BCUT2D eigenvalue weighted by Crippen LogP contribution is -2.37. The average molecular weight is 487 g/mol. The van der Waals surface area contributed by atoms with E-state index in [2.05, 4.69) is 21.3 Å². The fraction of sp³-hybridized carbons (Fsp3) is 0.160. The summed E-state index contributed by atoms with van der Waals surface area (Å²) in [5.74, 6) is -0.677. The summed E-state index contributed by atoms with van der Waals surface area (Å²) in [6.45, 7) is 0. The van der Waals surface area contributed by atoms with Gasteiger partial charge < -0.3 is 26.0 Å². The van der Waals surface area contributed by atoms with Crippen LogP contribution in [-0.2, 0) is 9.59 Å². The summed E-state index contributed by atoms with van der Waals surface area (Å²) in [5, 5.41) is 22.7. The first-order chi connectivity index (χ1) is 17.3. The molecule has 36 heavy (non-hydrogen) atoms. The Balaban J connectivity index is 1.42. The SMILES string of the molecule is COc1cc(-c2ccc3c(c2)Nc2ccc(NC(=O)[C@@H]4CCC(=O)N4)cc2NC3=O)ccc1[N+](=O)[O-]. The third-order valence-corrected chi connectivity index (χ3v) is 6.09. The maximum atomic E-state index is 12.9. The number of anilines is 4. The van der Waals surface area contributed by atoms with Gasteiger partial charge in [-0.15, -0.1) is 0 Å². The van der Waals surface area contributed by atoms with Crippen molar-refractivity contribution in [2.75, 3.05) is 23.1 Å². The average Bonchev–Trinajstić information content (AvgIpc) is 3.25. The minimum absolute atomic E-state index is 0.134. The van der Waals surface area contributed by atoms with Crippen molar-refractivity contribution < 1.29 is 24.0 Å². The number of benzene rings is 3. The number of carbonyl (C=O) groups is 3. The van der Waals surface area contributed by atoms with Gasteiger partial charge in [0.05, 0.1) is 34.7 Å². The number of nitro groups is 1. The molecule has 1 fully saturated rings. The van der Waals surface area contributed by atoms with Crippen molar-refractivity contribution in [3.8, 4) is 16.9 Å². The molecule has 11 nitrogen and oxygen atoms in total. The van der Waals surface area contributed by atoms with Crippen LogP contribution in [0.5, 0.6) is 5.75 Å². The standard InChI is InChI=1S/C25H21N5O6/c1-36-22-11-14(3-8-21(22)30(34)35)13-2-5-16-19(10-13)27-17-6-4-15(12-20(17)29-24(16)32)26-25(33)18-7-9-23(31)28-18/h2-6,8,10-12,18,27H,7,9H2,1H3,(H,26,33)(H,28,31)(H,29,32)/t18-/m0/s1. The van der Waals surface area contributed by atoms with Gasteiger partial charge in [0.2, 0.25) is 11.8 Å². The fourth-order valence-electron chi connectivity index (χ4n) is 4.24. The number of methoxy groups -OCH3 is 1. The minimum atomic E-state index is -0.579. The zero-order chi connectivity index (χ0) is 25.4. The van der Waals surface area contributed by atoms with Crippen LogP contribution in [0.15, 0.2) is 54.6 Å². The molecule has 5 rings (SSSR count). The van der Waals surface area contributed by atoms with Crippen molar-refractivity contribution in [3.63, 3.8) is 0 Å². The molecule has 2 aliphatic rings. The summed E-state index contributed by atoms with van der Waals surface area (Å²) in [7, 11) is 1.37. The Labute approximate surface area is 205 Å². The highest BCUT2D eigenvalue weighted by Crippen LogP contribution is 2.38. The Morgan fingerprint density at radius 3 is 2.50 bits per heavy atom. The zero-order valence-electron chi connectivity index (χ0n) is 19.1.